The molecule has 0 saturated carbocycles. The Morgan fingerprint density at radius 2 is 1.95 bits per heavy atom. The van der Waals surface area contributed by atoms with Gasteiger partial charge in [-0.2, -0.15) is 0 Å². The van der Waals surface area contributed by atoms with Gasteiger partial charge in [-0.25, -0.2) is 4.79 Å². The van der Waals surface area contributed by atoms with E-state index in [2.05, 4.69) is 10.6 Å². The lowest BCUT2D eigenvalue weighted by Gasteiger charge is -2.05. The van der Waals surface area contributed by atoms with Crippen molar-refractivity contribution < 1.29 is 19.8 Å². The van der Waals surface area contributed by atoms with Gasteiger partial charge in [-0.15, -0.1) is 0 Å². The van der Waals surface area contributed by atoms with E-state index in [1.807, 2.05) is 18.2 Å². The number of carbonyl (C=O) groups excluding carboxylic acids is 1. The summed E-state index contributed by atoms with van der Waals surface area (Å²) in [6.45, 7) is 0. The fraction of sp³-hybridized carbons (Fsp3) is 0. The van der Waals surface area contributed by atoms with Crippen LogP contribution in [0.1, 0.15) is 15.9 Å². The number of aromatic hydroxyl groups is 1. The number of para-hydroxylation sites is 1. The number of anilines is 2. The minimum absolute atomic E-state index is 0.209. The van der Waals surface area contributed by atoms with Gasteiger partial charge in [0.05, 0.1) is 5.57 Å². The molecule has 4 N–H and O–H groups in total. The molecule has 1 aliphatic heterocycles. The van der Waals surface area contributed by atoms with Crippen LogP contribution in [0.4, 0.5) is 11.4 Å². The highest BCUT2D eigenvalue weighted by Crippen LogP contribution is 2.31. The predicted molar refractivity (Wildman–Crippen MR) is 81.7 cm³/mol. The average molecular weight is 296 g/mol. The summed E-state index contributed by atoms with van der Waals surface area (Å²) in [5.74, 6) is -1.77. The smallest absolute Gasteiger partial charge is 0.339 e. The summed E-state index contributed by atoms with van der Waals surface area (Å²) in [5.41, 5.74) is 2.22. The van der Waals surface area contributed by atoms with Gasteiger partial charge in [0, 0.05) is 23.1 Å². The van der Waals surface area contributed by atoms with E-state index >= 15 is 0 Å². The van der Waals surface area contributed by atoms with E-state index in [4.69, 9.17) is 5.11 Å². The molecule has 0 spiro atoms. The van der Waals surface area contributed by atoms with Crippen LogP contribution in [-0.2, 0) is 4.79 Å². The normalized spacial score (nSPS) is 14.5. The fourth-order valence-electron chi connectivity index (χ4n) is 2.23. The van der Waals surface area contributed by atoms with Gasteiger partial charge in [0.1, 0.15) is 11.3 Å². The zero-order valence-corrected chi connectivity index (χ0v) is 11.3. The molecule has 0 bridgehead atoms. The van der Waals surface area contributed by atoms with Crippen LogP contribution in [0.25, 0.3) is 5.57 Å². The third-order valence-electron chi connectivity index (χ3n) is 3.32. The fourth-order valence-corrected chi connectivity index (χ4v) is 2.23. The van der Waals surface area contributed by atoms with Gasteiger partial charge in [0.15, 0.2) is 0 Å². The molecule has 0 saturated heterocycles. The van der Waals surface area contributed by atoms with Crippen LogP contribution in [0.15, 0.2) is 48.7 Å². The third kappa shape index (κ3) is 2.37. The Bertz CT molecular complexity index is 812. The van der Waals surface area contributed by atoms with Crippen LogP contribution >= 0.6 is 0 Å². The maximum absolute atomic E-state index is 11.9. The molecule has 0 aliphatic carbocycles. The molecule has 3 rings (SSSR count). The molecule has 2 aromatic rings. The maximum atomic E-state index is 11.9. The topological polar surface area (TPSA) is 98.7 Å². The number of carboxylic acid groups (broad SMARTS) is 1. The van der Waals surface area contributed by atoms with E-state index in [0.717, 1.165) is 11.3 Å². The molecule has 6 nitrogen and oxygen atoms in total. The Morgan fingerprint density at radius 3 is 2.73 bits per heavy atom. The number of hydrogen-bond donors (Lipinski definition) is 4. The number of carbonyl (C=O) groups is 2. The quantitative estimate of drug-likeness (QED) is 0.515. The Kier molecular flexibility index (Phi) is 3.27. The van der Waals surface area contributed by atoms with E-state index in [-0.39, 0.29) is 17.2 Å². The molecule has 0 unspecified atom stereocenters. The first-order chi connectivity index (χ1) is 10.6. The summed E-state index contributed by atoms with van der Waals surface area (Å²) < 4.78 is 0. The molecule has 0 aromatic heterocycles. The molecule has 2 aromatic carbocycles. The minimum atomic E-state index is -1.22. The van der Waals surface area contributed by atoms with Crippen molar-refractivity contribution in [2.24, 2.45) is 0 Å². The molecular formula is C16H12N2O4. The molecule has 0 fully saturated rings. The van der Waals surface area contributed by atoms with E-state index in [9.17, 15) is 14.7 Å². The number of phenols is 1. The number of amides is 1. The number of fused-ring (bicyclic) bond motifs is 1. The number of benzene rings is 2. The summed E-state index contributed by atoms with van der Waals surface area (Å²) in [7, 11) is 0. The molecule has 110 valence electrons. The number of aromatic carboxylic acids is 1. The summed E-state index contributed by atoms with van der Waals surface area (Å²) >= 11 is 0. The molecule has 1 amide bonds. The van der Waals surface area contributed by atoms with Crippen molar-refractivity contribution in [3.05, 3.63) is 59.8 Å². The maximum Gasteiger partial charge on any atom is 0.339 e. The summed E-state index contributed by atoms with van der Waals surface area (Å²) in [5, 5.41) is 24.1. The second kappa shape index (κ2) is 5.25. The highest BCUT2D eigenvalue weighted by atomic mass is 16.4. The van der Waals surface area contributed by atoms with E-state index < -0.39 is 5.97 Å². The van der Waals surface area contributed by atoms with E-state index in [1.54, 1.807) is 6.07 Å². The zero-order chi connectivity index (χ0) is 15.7. The average Bonchev–Trinajstić information content (AvgIpc) is 2.81. The largest absolute Gasteiger partial charge is 0.507 e. The summed E-state index contributed by atoms with van der Waals surface area (Å²) in [4.78, 5) is 22.9. The Labute approximate surface area is 125 Å². The molecule has 6 heteroatoms. The number of carboxylic acids is 1. The van der Waals surface area contributed by atoms with Crippen molar-refractivity contribution >= 4 is 28.8 Å². The van der Waals surface area contributed by atoms with Gasteiger partial charge in [0.25, 0.3) is 5.91 Å². The highest BCUT2D eigenvalue weighted by molar-refractivity contribution is 6.31. The van der Waals surface area contributed by atoms with Gasteiger partial charge < -0.3 is 20.8 Å². The first-order valence-corrected chi connectivity index (χ1v) is 6.50. The molecule has 1 aliphatic rings. The molecule has 0 atom stereocenters. The number of rotatable bonds is 3. The first-order valence-electron chi connectivity index (χ1n) is 6.50. The minimum Gasteiger partial charge on any atom is -0.507 e. The lowest BCUT2D eigenvalue weighted by Crippen LogP contribution is -2.05. The highest BCUT2D eigenvalue weighted by Gasteiger charge is 2.23. The van der Waals surface area contributed by atoms with Crippen molar-refractivity contribution in [3.63, 3.8) is 0 Å². The van der Waals surface area contributed by atoms with Gasteiger partial charge >= 0.3 is 5.97 Å². The summed E-state index contributed by atoms with van der Waals surface area (Å²) in [6.07, 6.45) is 1.51. The standard InChI is InChI=1S/C16H12N2O4/c19-14-6-5-9(7-11(14)16(21)22)17-8-12-10-3-1-2-4-13(10)18-15(12)20/h1-8,17,19H,(H,18,20)(H,21,22). The number of nitrogens with one attached hydrogen (secondary N) is 2. The second-order valence-corrected chi connectivity index (χ2v) is 4.74. The van der Waals surface area contributed by atoms with Crippen LogP contribution in [0, 0.1) is 0 Å². The Morgan fingerprint density at radius 1 is 1.18 bits per heavy atom. The predicted octanol–water partition coefficient (Wildman–Crippen LogP) is 2.50. The third-order valence-corrected chi connectivity index (χ3v) is 3.32. The molecule has 22 heavy (non-hydrogen) atoms. The van der Waals surface area contributed by atoms with Gasteiger partial charge in [-0.1, -0.05) is 18.2 Å². The van der Waals surface area contributed by atoms with Crippen LogP contribution < -0.4 is 10.6 Å². The lowest BCUT2D eigenvalue weighted by atomic mass is 10.1. The number of hydrogen-bond acceptors (Lipinski definition) is 4. The van der Waals surface area contributed by atoms with Crippen molar-refractivity contribution in [3.8, 4) is 5.75 Å². The van der Waals surface area contributed by atoms with Crippen LogP contribution in [0.5, 0.6) is 5.75 Å². The van der Waals surface area contributed by atoms with E-state index in [1.165, 1.54) is 24.4 Å². The van der Waals surface area contributed by atoms with E-state index in [0.29, 0.717) is 11.3 Å². The Hall–Kier alpha value is -3.28. The SMILES string of the molecule is O=C1Nc2ccccc2C1=CNc1ccc(O)c(C(=O)O)c1. The van der Waals surface area contributed by atoms with Gasteiger partial charge in [-0.05, 0) is 24.3 Å². The van der Waals surface area contributed by atoms with Crippen molar-refractivity contribution in [2.45, 2.75) is 0 Å². The Balaban J connectivity index is 1.90. The molecule has 0 radical (unpaired) electrons. The van der Waals surface area contributed by atoms with Gasteiger partial charge in [-0.3, -0.25) is 4.79 Å². The van der Waals surface area contributed by atoms with Crippen molar-refractivity contribution in [1.29, 1.82) is 0 Å². The van der Waals surface area contributed by atoms with Gasteiger partial charge in [0.2, 0.25) is 0 Å². The zero-order valence-electron chi connectivity index (χ0n) is 11.3. The van der Waals surface area contributed by atoms with Crippen molar-refractivity contribution in [2.75, 3.05) is 10.6 Å². The molecular weight excluding hydrogens is 284 g/mol. The first kappa shape index (κ1) is 13.7. The van der Waals surface area contributed by atoms with Crippen LogP contribution in [-0.4, -0.2) is 22.1 Å². The van der Waals surface area contributed by atoms with Crippen LogP contribution in [0.2, 0.25) is 0 Å². The van der Waals surface area contributed by atoms with Crippen LogP contribution in [0.3, 0.4) is 0 Å². The lowest BCUT2D eigenvalue weighted by molar-refractivity contribution is -0.110. The van der Waals surface area contributed by atoms with Crippen molar-refractivity contribution in [1.82, 2.24) is 0 Å². The summed E-state index contributed by atoms with van der Waals surface area (Å²) in [6, 6.07) is 11.4. The monoisotopic (exact) mass is 296 g/mol. The molecule has 1 heterocycles. The second-order valence-electron chi connectivity index (χ2n) is 4.74.